The number of benzene rings is 1. The van der Waals surface area contributed by atoms with Gasteiger partial charge >= 0.3 is 0 Å². The summed E-state index contributed by atoms with van der Waals surface area (Å²) in [6, 6.07) is 8.21. The number of rotatable bonds is 4. The number of carbonyl (C=O) groups is 1. The summed E-state index contributed by atoms with van der Waals surface area (Å²) in [5.74, 6) is 1.70. The van der Waals surface area contributed by atoms with Gasteiger partial charge in [0.05, 0.1) is 11.0 Å². The predicted molar refractivity (Wildman–Crippen MR) is 96.1 cm³/mol. The highest BCUT2D eigenvalue weighted by Crippen LogP contribution is 2.42. The fourth-order valence-electron chi connectivity index (χ4n) is 3.47. The van der Waals surface area contributed by atoms with Crippen molar-refractivity contribution in [1.29, 1.82) is 0 Å². The Kier molecular flexibility index (Phi) is 4.14. The minimum Gasteiger partial charge on any atom is -0.490 e. The van der Waals surface area contributed by atoms with Crippen LogP contribution in [0.15, 0.2) is 24.3 Å². The molecule has 6 heteroatoms. The van der Waals surface area contributed by atoms with Crippen LogP contribution in [0.3, 0.4) is 0 Å². The van der Waals surface area contributed by atoms with E-state index in [2.05, 4.69) is 27.8 Å². The molecule has 0 spiro atoms. The maximum Gasteiger partial charge on any atom is 0.226 e. The second kappa shape index (κ2) is 6.43. The number of carbonyl (C=O) groups excluding carboxylic acids is 1. The zero-order valence-corrected chi connectivity index (χ0v) is 14.5. The van der Waals surface area contributed by atoms with Gasteiger partial charge in [-0.3, -0.25) is 4.79 Å². The van der Waals surface area contributed by atoms with Crippen LogP contribution in [0.4, 0.5) is 10.9 Å². The van der Waals surface area contributed by atoms with Crippen molar-refractivity contribution in [2.24, 2.45) is 0 Å². The van der Waals surface area contributed by atoms with E-state index in [1.54, 1.807) is 11.3 Å². The smallest absolute Gasteiger partial charge is 0.226 e. The molecule has 24 heavy (non-hydrogen) atoms. The molecule has 126 valence electrons. The Bertz CT molecular complexity index is 735. The molecule has 0 bridgehead atoms. The Balaban J connectivity index is 1.57. The molecule has 0 radical (unpaired) electrons. The van der Waals surface area contributed by atoms with Crippen LogP contribution in [-0.4, -0.2) is 24.0 Å². The second-order valence-electron chi connectivity index (χ2n) is 6.38. The first-order chi connectivity index (χ1) is 11.7. The van der Waals surface area contributed by atoms with Crippen molar-refractivity contribution in [2.75, 3.05) is 17.7 Å². The monoisotopic (exact) mass is 343 g/mol. The average Bonchev–Trinajstić information content (AvgIpc) is 3.24. The molecule has 1 fully saturated rings. The molecule has 5 nitrogen and oxygen atoms in total. The van der Waals surface area contributed by atoms with Crippen molar-refractivity contribution < 1.29 is 9.53 Å². The summed E-state index contributed by atoms with van der Waals surface area (Å²) in [6.07, 6.45) is 5.66. The normalized spacial score (nSPS) is 20.5. The molecule has 2 heterocycles. The Morgan fingerprint density at radius 3 is 2.71 bits per heavy atom. The van der Waals surface area contributed by atoms with Gasteiger partial charge in [0.25, 0.3) is 0 Å². The Morgan fingerprint density at radius 1 is 1.25 bits per heavy atom. The van der Waals surface area contributed by atoms with Crippen LogP contribution < -0.4 is 15.4 Å². The van der Waals surface area contributed by atoms with Gasteiger partial charge in [-0.05, 0) is 43.4 Å². The third-order valence-corrected chi connectivity index (χ3v) is 5.91. The zero-order valence-electron chi connectivity index (χ0n) is 13.7. The molecule has 1 atom stereocenters. The first kappa shape index (κ1) is 15.4. The lowest BCUT2D eigenvalue weighted by Crippen LogP contribution is -2.22. The van der Waals surface area contributed by atoms with E-state index in [1.165, 1.54) is 12.8 Å². The van der Waals surface area contributed by atoms with Crippen LogP contribution in [0.1, 0.15) is 48.5 Å². The highest BCUT2D eigenvalue weighted by Gasteiger charge is 2.30. The van der Waals surface area contributed by atoms with E-state index in [9.17, 15) is 4.79 Å². The van der Waals surface area contributed by atoms with Gasteiger partial charge in [0, 0.05) is 19.4 Å². The van der Waals surface area contributed by atoms with Crippen LogP contribution in [-0.2, 0) is 4.79 Å². The van der Waals surface area contributed by atoms with E-state index in [1.807, 2.05) is 19.2 Å². The van der Waals surface area contributed by atoms with Gasteiger partial charge in [0.2, 0.25) is 5.91 Å². The number of nitrogens with zero attached hydrogens (tertiary/aromatic N) is 1. The fraction of sp³-hybridized carbons (Fsp3) is 0.444. The van der Waals surface area contributed by atoms with Gasteiger partial charge in [0.15, 0.2) is 5.13 Å². The Morgan fingerprint density at radius 2 is 2.00 bits per heavy atom. The molecular weight excluding hydrogens is 322 g/mol. The molecular formula is C18H21N3O2S. The summed E-state index contributed by atoms with van der Waals surface area (Å²) in [5.41, 5.74) is 1.14. The van der Waals surface area contributed by atoms with Crippen molar-refractivity contribution in [1.82, 2.24) is 4.98 Å². The van der Waals surface area contributed by atoms with Gasteiger partial charge in [-0.1, -0.05) is 23.5 Å². The third kappa shape index (κ3) is 2.98. The van der Waals surface area contributed by atoms with E-state index in [0.29, 0.717) is 18.3 Å². The lowest BCUT2D eigenvalue weighted by atomic mass is 9.91. The van der Waals surface area contributed by atoms with Gasteiger partial charge in [-0.25, -0.2) is 4.98 Å². The molecule has 2 aliphatic rings. The molecule has 1 saturated carbocycles. The van der Waals surface area contributed by atoms with E-state index in [0.717, 1.165) is 34.2 Å². The average molecular weight is 343 g/mol. The van der Waals surface area contributed by atoms with Crippen LogP contribution >= 0.6 is 11.3 Å². The topological polar surface area (TPSA) is 63.3 Å². The predicted octanol–water partition coefficient (Wildman–Crippen LogP) is 3.98. The molecule has 4 rings (SSSR count). The van der Waals surface area contributed by atoms with E-state index < -0.39 is 0 Å². The molecule has 1 aliphatic carbocycles. The Labute approximate surface area is 145 Å². The number of hydrogen-bond donors (Lipinski definition) is 2. The molecule has 1 amide bonds. The number of ether oxygens (including phenoxy) is 1. The number of anilines is 2. The maximum absolute atomic E-state index is 12.0. The molecule has 1 aromatic heterocycles. The minimum absolute atomic E-state index is 0.0201. The number of aromatic nitrogens is 1. The van der Waals surface area contributed by atoms with Crippen LogP contribution in [0.5, 0.6) is 5.75 Å². The summed E-state index contributed by atoms with van der Waals surface area (Å²) in [5, 5.41) is 6.75. The summed E-state index contributed by atoms with van der Waals surface area (Å²) in [4.78, 5) is 17.6. The van der Waals surface area contributed by atoms with Gasteiger partial charge in [0.1, 0.15) is 11.6 Å². The molecule has 2 aromatic rings. The summed E-state index contributed by atoms with van der Waals surface area (Å²) >= 11 is 1.60. The van der Waals surface area contributed by atoms with Crippen molar-refractivity contribution >= 4 is 28.2 Å². The summed E-state index contributed by atoms with van der Waals surface area (Å²) in [6.45, 7) is 0. The van der Waals surface area contributed by atoms with Crippen LogP contribution in [0.2, 0.25) is 0 Å². The summed E-state index contributed by atoms with van der Waals surface area (Å²) in [7, 11) is 1.84. The second-order valence-corrected chi connectivity index (χ2v) is 7.41. The molecule has 1 aliphatic heterocycles. The molecule has 0 unspecified atom stereocenters. The quantitative estimate of drug-likeness (QED) is 0.881. The first-order valence-corrected chi connectivity index (χ1v) is 9.29. The molecule has 2 N–H and O–H groups in total. The van der Waals surface area contributed by atoms with E-state index in [4.69, 9.17) is 4.74 Å². The lowest BCUT2D eigenvalue weighted by Gasteiger charge is -2.22. The number of amides is 1. The van der Waals surface area contributed by atoms with Crippen LogP contribution in [0, 0.1) is 0 Å². The van der Waals surface area contributed by atoms with Gasteiger partial charge in [-0.2, -0.15) is 0 Å². The van der Waals surface area contributed by atoms with Crippen molar-refractivity contribution in [3.63, 3.8) is 0 Å². The van der Waals surface area contributed by atoms with Crippen molar-refractivity contribution in [2.45, 2.75) is 44.1 Å². The van der Waals surface area contributed by atoms with Crippen LogP contribution in [0.25, 0.3) is 0 Å². The molecule has 1 aromatic carbocycles. The highest BCUT2D eigenvalue weighted by molar-refractivity contribution is 7.16. The lowest BCUT2D eigenvalue weighted by molar-refractivity contribution is -0.116. The number of hydrogen-bond acceptors (Lipinski definition) is 5. The van der Waals surface area contributed by atoms with Gasteiger partial charge < -0.3 is 15.4 Å². The van der Waals surface area contributed by atoms with Gasteiger partial charge in [-0.15, -0.1) is 0 Å². The number of nitrogens with one attached hydrogen (secondary N) is 2. The van der Waals surface area contributed by atoms with Crippen molar-refractivity contribution in [3.05, 3.63) is 34.7 Å². The largest absolute Gasteiger partial charge is 0.490 e. The van der Waals surface area contributed by atoms with E-state index in [-0.39, 0.29) is 11.8 Å². The zero-order chi connectivity index (χ0) is 16.5. The summed E-state index contributed by atoms with van der Waals surface area (Å²) < 4.78 is 6.03. The first-order valence-electron chi connectivity index (χ1n) is 8.48. The SMILES string of the molecule is CNc1nc2c(s1)[C@H](c1ccc(OC3CCCC3)cc1)CC(=O)N2. The fourth-order valence-corrected chi connectivity index (χ4v) is 4.47. The standard InChI is InChI=1S/C18H21N3O2S/c1-19-18-21-17-16(24-18)14(10-15(22)20-17)11-6-8-13(9-7-11)23-12-4-2-3-5-12/h6-9,12,14H,2-5,10H2,1H3,(H,19,21)(H,20,22)/t14-/m0/s1. The maximum atomic E-state index is 12.0. The third-order valence-electron chi connectivity index (χ3n) is 4.72. The number of thiazole rings is 1. The highest BCUT2D eigenvalue weighted by atomic mass is 32.1. The number of fused-ring (bicyclic) bond motifs is 1. The minimum atomic E-state index is 0.0201. The van der Waals surface area contributed by atoms with Crippen molar-refractivity contribution in [3.8, 4) is 5.75 Å². The Hall–Kier alpha value is -2.08. The molecule has 0 saturated heterocycles. The van der Waals surface area contributed by atoms with E-state index >= 15 is 0 Å².